The first-order valence-corrected chi connectivity index (χ1v) is 10.5. The predicted molar refractivity (Wildman–Crippen MR) is 123 cm³/mol. The van der Waals surface area contributed by atoms with Gasteiger partial charge < -0.3 is 14.8 Å². The molecule has 0 atom stereocenters. The number of halogens is 1. The van der Waals surface area contributed by atoms with Crippen molar-refractivity contribution in [3.63, 3.8) is 0 Å². The van der Waals surface area contributed by atoms with Crippen molar-refractivity contribution in [1.82, 2.24) is 9.88 Å². The SMILES string of the molecule is CCN(CCCNC(=O)c1ccc(=O)n(Cc2ccccc2Cl)c1)c1ccccc1. The Hall–Kier alpha value is -3.05. The van der Waals surface area contributed by atoms with Crippen LogP contribution in [0.5, 0.6) is 0 Å². The number of rotatable bonds is 9. The molecule has 1 aromatic heterocycles. The Morgan fingerprint density at radius 2 is 1.77 bits per heavy atom. The number of pyridine rings is 1. The number of carbonyl (C=O) groups is 1. The molecule has 0 fully saturated rings. The van der Waals surface area contributed by atoms with Crippen molar-refractivity contribution < 1.29 is 4.79 Å². The van der Waals surface area contributed by atoms with Crippen LogP contribution in [0, 0.1) is 0 Å². The molecular formula is C24H26ClN3O2. The first kappa shape index (κ1) is 21.7. The summed E-state index contributed by atoms with van der Waals surface area (Å²) in [6, 6.07) is 20.6. The molecule has 6 heteroatoms. The molecular weight excluding hydrogens is 398 g/mol. The average molecular weight is 424 g/mol. The first-order chi connectivity index (χ1) is 14.6. The quantitative estimate of drug-likeness (QED) is 0.525. The van der Waals surface area contributed by atoms with Gasteiger partial charge >= 0.3 is 0 Å². The lowest BCUT2D eigenvalue weighted by molar-refractivity contribution is 0.0952. The van der Waals surface area contributed by atoms with Crippen molar-refractivity contribution in [2.45, 2.75) is 19.9 Å². The van der Waals surface area contributed by atoms with Crippen molar-refractivity contribution in [3.8, 4) is 0 Å². The monoisotopic (exact) mass is 423 g/mol. The normalized spacial score (nSPS) is 10.6. The van der Waals surface area contributed by atoms with E-state index >= 15 is 0 Å². The van der Waals surface area contributed by atoms with Crippen molar-refractivity contribution in [2.24, 2.45) is 0 Å². The molecule has 3 aromatic rings. The highest BCUT2D eigenvalue weighted by atomic mass is 35.5. The van der Waals surface area contributed by atoms with Gasteiger partial charge in [-0.1, -0.05) is 48.0 Å². The summed E-state index contributed by atoms with van der Waals surface area (Å²) in [4.78, 5) is 27.0. The highest BCUT2D eigenvalue weighted by Crippen LogP contribution is 2.16. The summed E-state index contributed by atoms with van der Waals surface area (Å²) >= 11 is 6.20. The molecule has 0 bridgehead atoms. The molecule has 156 valence electrons. The topological polar surface area (TPSA) is 54.3 Å². The Bertz CT molecular complexity index is 1030. The van der Waals surface area contributed by atoms with Crippen LogP contribution in [0.2, 0.25) is 5.02 Å². The molecule has 0 aliphatic carbocycles. The molecule has 5 nitrogen and oxygen atoms in total. The molecule has 2 aromatic carbocycles. The van der Waals surface area contributed by atoms with E-state index in [1.165, 1.54) is 16.3 Å². The standard InChI is InChI=1S/C24H26ClN3O2/c1-2-27(21-10-4-3-5-11-21)16-8-15-26-24(30)20-13-14-23(29)28(18-20)17-19-9-6-7-12-22(19)25/h3-7,9-14,18H,2,8,15-17H2,1H3,(H,26,30). The van der Waals surface area contributed by atoms with E-state index < -0.39 is 0 Å². The third-order valence-electron chi connectivity index (χ3n) is 4.94. The fraction of sp³-hybridized carbons (Fsp3) is 0.250. The average Bonchev–Trinajstić information content (AvgIpc) is 2.77. The van der Waals surface area contributed by atoms with E-state index in [2.05, 4.69) is 29.3 Å². The molecule has 1 N–H and O–H groups in total. The van der Waals surface area contributed by atoms with E-state index in [1.54, 1.807) is 18.3 Å². The lowest BCUT2D eigenvalue weighted by Gasteiger charge is -2.23. The zero-order valence-corrected chi connectivity index (χ0v) is 17.8. The van der Waals surface area contributed by atoms with Gasteiger partial charge in [0.1, 0.15) is 0 Å². The Morgan fingerprint density at radius 1 is 1.03 bits per heavy atom. The number of hydrogen-bond acceptors (Lipinski definition) is 3. The maximum atomic E-state index is 12.5. The molecule has 30 heavy (non-hydrogen) atoms. The van der Waals surface area contributed by atoms with Crippen LogP contribution in [0.15, 0.2) is 77.7 Å². The number of carbonyl (C=O) groups excluding carboxylic acids is 1. The Labute approximate surface area is 181 Å². The van der Waals surface area contributed by atoms with E-state index in [0.29, 0.717) is 23.7 Å². The summed E-state index contributed by atoms with van der Waals surface area (Å²) < 4.78 is 1.50. The van der Waals surface area contributed by atoms with Crippen LogP contribution >= 0.6 is 11.6 Å². The van der Waals surface area contributed by atoms with Gasteiger partial charge in [0.05, 0.1) is 12.1 Å². The van der Waals surface area contributed by atoms with Gasteiger partial charge in [0.15, 0.2) is 0 Å². The molecule has 0 spiro atoms. The predicted octanol–water partition coefficient (Wildman–Crippen LogP) is 4.20. The molecule has 0 aliphatic heterocycles. The molecule has 0 unspecified atom stereocenters. The second-order valence-electron chi connectivity index (χ2n) is 7.00. The molecule has 0 aliphatic rings. The maximum Gasteiger partial charge on any atom is 0.252 e. The van der Waals surface area contributed by atoms with Crippen LogP contribution < -0.4 is 15.8 Å². The number of anilines is 1. The Kier molecular flexibility index (Phi) is 7.69. The minimum atomic E-state index is -0.189. The highest BCUT2D eigenvalue weighted by Gasteiger charge is 2.09. The van der Waals surface area contributed by atoms with Gasteiger partial charge in [-0.2, -0.15) is 0 Å². The fourth-order valence-corrected chi connectivity index (χ4v) is 3.48. The maximum absolute atomic E-state index is 12.5. The Balaban J connectivity index is 1.56. The first-order valence-electron chi connectivity index (χ1n) is 10.1. The second kappa shape index (κ2) is 10.6. The zero-order valence-electron chi connectivity index (χ0n) is 17.1. The van der Waals surface area contributed by atoms with Crippen molar-refractivity contribution in [2.75, 3.05) is 24.5 Å². The number of benzene rings is 2. The Morgan fingerprint density at radius 3 is 2.50 bits per heavy atom. The van der Waals surface area contributed by atoms with Crippen LogP contribution in [0.4, 0.5) is 5.69 Å². The third kappa shape index (κ3) is 5.74. The van der Waals surface area contributed by atoms with E-state index in [4.69, 9.17) is 11.6 Å². The largest absolute Gasteiger partial charge is 0.372 e. The van der Waals surface area contributed by atoms with E-state index in [0.717, 1.165) is 25.1 Å². The summed E-state index contributed by atoms with van der Waals surface area (Å²) in [5.41, 5.74) is 2.29. The summed E-state index contributed by atoms with van der Waals surface area (Å²) in [5.74, 6) is -0.189. The number of aromatic nitrogens is 1. The van der Waals surface area contributed by atoms with Crippen molar-refractivity contribution in [3.05, 3.63) is 99.4 Å². The lowest BCUT2D eigenvalue weighted by atomic mass is 10.2. The second-order valence-corrected chi connectivity index (χ2v) is 7.41. The van der Waals surface area contributed by atoms with E-state index in [-0.39, 0.29) is 11.5 Å². The minimum absolute atomic E-state index is 0.173. The molecule has 1 heterocycles. The van der Waals surface area contributed by atoms with Crippen LogP contribution in [0.3, 0.4) is 0 Å². The molecule has 1 amide bonds. The molecule has 3 rings (SSSR count). The van der Waals surface area contributed by atoms with Gasteiger partial charge in [0.2, 0.25) is 0 Å². The third-order valence-corrected chi connectivity index (χ3v) is 5.31. The fourth-order valence-electron chi connectivity index (χ4n) is 3.28. The van der Waals surface area contributed by atoms with Crippen LogP contribution in [-0.2, 0) is 6.54 Å². The van der Waals surface area contributed by atoms with Gasteiger partial charge in [0.25, 0.3) is 11.5 Å². The molecule has 0 saturated heterocycles. The van der Waals surface area contributed by atoms with Crippen molar-refractivity contribution >= 4 is 23.2 Å². The van der Waals surface area contributed by atoms with Crippen LogP contribution in [-0.4, -0.2) is 30.1 Å². The van der Waals surface area contributed by atoms with Gasteiger partial charge in [-0.25, -0.2) is 0 Å². The van der Waals surface area contributed by atoms with Crippen LogP contribution in [0.25, 0.3) is 0 Å². The number of amides is 1. The van der Waals surface area contributed by atoms with Gasteiger partial charge in [-0.15, -0.1) is 0 Å². The molecule has 0 saturated carbocycles. The van der Waals surface area contributed by atoms with E-state index in [9.17, 15) is 9.59 Å². The smallest absolute Gasteiger partial charge is 0.252 e. The minimum Gasteiger partial charge on any atom is -0.372 e. The van der Waals surface area contributed by atoms with Gasteiger partial charge in [0, 0.05) is 42.6 Å². The summed E-state index contributed by atoms with van der Waals surface area (Å²) in [6.45, 7) is 4.76. The lowest BCUT2D eigenvalue weighted by Crippen LogP contribution is -2.31. The number of para-hydroxylation sites is 1. The number of hydrogen-bond donors (Lipinski definition) is 1. The number of nitrogens with zero attached hydrogens (tertiary/aromatic N) is 2. The number of nitrogens with one attached hydrogen (secondary N) is 1. The molecule has 0 radical (unpaired) electrons. The van der Waals surface area contributed by atoms with Gasteiger partial charge in [-0.3, -0.25) is 9.59 Å². The van der Waals surface area contributed by atoms with E-state index in [1.807, 2.05) is 36.4 Å². The zero-order chi connectivity index (χ0) is 21.3. The van der Waals surface area contributed by atoms with Crippen LogP contribution in [0.1, 0.15) is 29.3 Å². The van der Waals surface area contributed by atoms with Gasteiger partial charge in [-0.05, 0) is 43.2 Å². The summed E-state index contributed by atoms with van der Waals surface area (Å²) in [6.07, 6.45) is 2.41. The highest BCUT2D eigenvalue weighted by molar-refractivity contribution is 6.31. The van der Waals surface area contributed by atoms with Crippen molar-refractivity contribution in [1.29, 1.82) is 0 Å². The summed E-state index contributed by atoms with van der Waals surface area (Å²) in [5, 5.41) is 3.54. The summed E-state index contributed by atoms with van der Waals surface area (Å²) in [7, 11) is 0.